The Hall–Kier alpha value is -3.05. The van der Waals surface area contributed by atoms with Crippen LogP contribution in [0.5, 0.6) is 0 Å². The number of likely N-dealkylation sites (tertiary alicyclic amines) is 1. The van der Waals surface area contributed by atoms with Crippen molar-refractivity contribution in [2.45, 2.75) is 51.2 Å². The third-order valence-corrected chi connectivity index (χ3v) is 9.55. The molecule has 0 N–H and O–H groups in total. The fourth-order valence-electron chi connectivity index (χ4n) is 6.84. The van der Waals surface area contributed by atoms with Gasteiger partial charge >= 0.3 is 24.4 Å². The van der Waals surface area contributed by atoms with Crippen molar-refractivity contribution in [3.8, 4) is 0 Å². The highest BCUT2D eigenvalue weighted by Crippen LogP contribution is 2.45. The number of allylic oxidation sites excluding steroid dienone is 3. The Kier molecular flexibility index (Phi) is 6.57. The van der Waals surface area contributed by atoms with E-state index in [1.807, 2.05) is 24.1 Å². The summed E-state index contributed by atoms with van der Waals surface area (Å²) in [5.74, 6) is 0.432. The zero-order chi connectivity index (χ0) is 28.4. The van der Waals surface area contributed by atoms with Crippen LogP contribution in [0.4, 0.5) is 13.2 Å². The molecule has 1 atom stereocenters. The van der Waals surface area contributed by atoms with Crippen LogP contribution in [0.15, 0.2) is 51.2 Å². The monoisotopic (exact) mass is 567 g/mol. The number of nitrogens with zero attached hydrogens (tertiary/aromatic N) is 6. The number of hydrogen-bond acceptors (Lipinski definition) is 5. The van der Waals surface area contributed by atoms with Crippen molar-refractivity contribution in [1.29, 1.82) is 0 Å². The minimum atomic E-state index is -4.59. The van der Waals surface area contributed by atoms with Gasteiger partial charge in [-0.15, -0.1) is 0 Å². The van der Waals surface area contributed by atoms with E-state index >= 15 is 0 Å². The normalized spacial score (nSPS) is 24.2. The maximum Gasteiger partial charge on any atom is 0.418 e. The van der Waals surface area contributed by atoms with Crippen LogP contribution in [0.3, 0.4) is 0 Å². The summed E-state index contributed by atoms with van der Waals surface area (Å²) in [5.41, 5.74) is 0.991. The van der Waals surface area contributed by atoms with E-state index in [1.165, 1.54) is 21.2 Å². The van der Waals surface area contributed by atoms with E-state index in [4.69, 9.17) is 4.74 Å². The van der Waals surface area contributed by atoms with E-state index in [0.29, 0.717) is 30.1 Å². The first-order valence-corrected chi connectivity index (χ1v) is 14.4. The van der Waals surface area contributed by atoms with Gasteiger partial charge in [0.25, 0.3) is 0 Å². The van der Waals surface area contributed by atoms with Crippen molar-refractivity contribution in [2.24, 2.45) is 27.5 Å². The van der Waals surface area contributed by atoms with Gasteiger partial charge < -0.3 is 4.74 Å². The molecule has 216 valence electrons. The number of alkyl halides is 3. The molecule has 2 aliphatic carbocycles. The summed E-state index contributed by atoms with van der Waals surface area (Å²) >= 11 is 0. The van der Waals surface area contributed by atoms with Gasteiger partial charge in [0, 0.05) is 30.1 Å². The average Bonchev–Trinajstić information content (AvgIpc) is 3.47. The summed E-state index contributed by atoms with van der Waals surface area (Å²) in [4.78, 5) is 15.9. The number of azo groups is 1. The first-order chi connectivity index (χ1) is 19.7. The summed E-state index contributed by atoms with van der Waals surface area (Å²) in [6.45, 7) is 3.54. The van der Waals surface area contributed by atoms with Gasteiger partial charge in [-0.2, -0.15) is 13.2 Å². The van der Waals surface area contributed by atoms with Gasteiger partial charge in [0.05, 0.1) is 42.4 Å². The number of rotatable bonds is 6. The lowest BCUT2D eigenvalue weighted by atomic mass is 9.70. The lowest BCUT2D eigenvalue weighted by molar-refractivity contribution is -0.483. The Morgan fingerprint density at radius 3 is 2.59 bits per heavy atom. The first-order valence-electron chi connectivity index (χ1n) is 14.4. The fourth-order valence-corrected chi connectivity index (χ4v) is 6.84. The number of pyridine rings is 1. The molecule has 2 aromatic heterocycles. The van der Waals surface area contributed by atoms with Gasteiger partial charge in [0.2, 0.25) is 0 Å². The molecule has 3 aliphatic heterocycles. The van der Waals surface area contributed by atoms with Crippen molar-refractivity contribution < 1.29 is 22.5 Å². The summed E-state index contributed by atoms with van der Waals surface area (Å²) in [6, 6.07) is 1.21. The lowest BCUT2D eigenvalue weighted by Gasteiger charge is -2.47. The number of fused-ring (bicyclic) bond motifs is 1. The molecular formula is C30H34F3N6O2+. The molecule has 8 nitrogen and oxygen atoms in total. The topological polar surface area (TPSA) is 66.6 Å². The second-order valence-corrected chi connectivity index (χ2v) is 12.3. The van der Waals surface area contributed by atoms with Crippen LogP contribution in [0.25, 0.3) is 11.2 Å². The summed E-state index contributed by atoms with van der Waals surface area (Å²) < 4.78 is 52.8. The third-order valence-electron chi connectivity index (χ3n) is 9.55. The average molecular weight is 568 g/mol. The van der Waals surface area contributed by atoms with Gasteiger partial charge in [-0.25, -0.2) is 9.37 Å². The molecule has 7 rings (SSSR count). The Bertz CT molecular complexity index is 1530. The van der Waals surface area contributed by atoms with E-state index in [-0.39, 0.29) is 16.8 Å². The van der Waals surface area contributed by atoms with Crippen LogP contribution in [0.2, 0.25) is 0 Å². The Morgan fingerprint density at radius 1 is 1.20 bits per heavy atom. The van der Waals surface area contributed by atoms with Gasteiger partial charge in [-0.1, -0.05) is 12.5 Å². The van der Waals surface area contributed by atoms with Crippen LogP contribution in [0, 0.1) is 29.8 Å². The van der Waals surface area contributed by atoms with Gasteiger partial charge in [0.15, 0.2) is 0 Å². The van der Waals surface area contributed by atoms with Gasteiger partial charge in [-0.05, 0) is 85.9 Å². The number of imidazole rings is 1. The fraction of sp³-hybridized carbons (Fsp3) is 0.533. The molecule has 0 bridgehead atoms. The molecule has 5 aliphatic rings. The molecule has 3 fully saturated rings. The zero-order valence-electron chi connectivity index (χ0n) is 23.1. The van der Waals surface area contributed by atoms with E-state index in [1.54, 1.807) is 12.5 Å². The molecule has 0 unspecified atom stereocenters. The van der Waals surface area contributed by atoms with Crippen molar-refractivity contribution in [3.05, 3.63) is 70.4 Å². The Balaban J connectivity index is 1.22. The van der Waals surface area contributed by atoms with E-state index in [0.717, 1.165) is 70.1 Å². The molecule has 0 aromatic carbocycles. The summed E-state index contributed by atoms with van der Waals surface area (Å²) in [7, 11) is 1.92. The molecule has 2 saturated heterocycles. The van der Waals surface area contributed by atoms with Crippen molar-refractivity contribution >= 4 is 17.6 Å². The van der Waals surface area contributed by atoms with Crippen LogP contribution < -0.4 is 5.69 Å². The van der Waals surface area contributed by atoms with Crippen molar-refractivity contribution in [1.82, 2.24) is 13.9 Å². The molecule has 1 saturated carbocycles. The third kappa shape index (κ3) is 4.80. The number of hydrogen-bond donors (Lipinski definition) is 0. The highest BCUT2D eigenvalue weighted by Gasteiger charge is 2.44. The predicted octanol–water partition coefficient (Wildman–Crippen LogP) is 5.15. The Morgan fingerprint density at radius 2 is 1.98 bits per heavy atom. The van der Waals surface area contributed by atoms with Crippen LogP contribution in [0.1, 0.15) is 49.7 Å². The van der Waals surface area contributed by atoms with Crippen LogP contribution in [-0.2, 0) is 17.5 Å². The standard InChI is InChI=1S/C30H34F3N6O2/c1-36-19-34-35-27(36)26(21-4-2-5-21)22-6-3-7-23(13-22)38-16-25-24(30(31,32)33)12-20(15-39(25)28(38)40)14-37-10-8-29(9-11-37)17-41-18-29/h3,6,12-13,15-16,19,21,26H,2,4-5,7-11,14,17-18H2,1H3/q+1/t26-/m1/s1. The quantitative estimate of drug-likeness (QED) is 0.454. The van der Waals surface area contributed by atoms with Gasteiger partial charge in [0.1, 0.15) is 0 Å². The molecule has 5 heterocycles. The largest absolute Gasteiger partial charge is 0.418 e. The lowest BCUT2D eigenvalue weighted by Crippen LogP contribution is -2.50. The summed E-state index contributed by atoms with van der Waals surface area (Å²) in [6.07, 6.45) is 12.6. The minimum Gasteiger partial charge on any atom is -0.380 e. The second-order valence-electron chi connectivity index (χ2n) is 12.3. The van der Waals surface area contributed by atoms with E-state index < -0.39 is 17.4 Å². The molecule has 41 heavy (non-hydrogen) atoms. The smallest absolute Gasteiger partial charge is 0.380 e. The van der Waals surface area contributed by atoms with Crippen molar-refractivity contribution in [3.63, 3.8) is 0 Å². The molecule has 2 aromatic rings. The maximum absolute atomic E-state index is 14.3. The second kappa shape index (κ2) is 10.0. The number of ether oxygens (including phenoxy) is 1. The highest BCUT2D eigenvalue weighted by molar-refractivity contribution is 5.63. The molecule has 2 radical (unpaired) electrons. The molecule has 11 heteroatoms. The SMILES string of the molecule is C[N+]1=CN=N[C]1[C@@H](C1=C[CH]CC(n2cc3c(C(F)(F)F)cc(CN4CCC5(CC4)COC5)cn3c2=O)=C1)C1CCC1. The van der Waals surface area contributed by atoms with E-state index in [9.17, 15) is 18.0 Å². The zero-order valence-corrected chi connectivity index (χ0v) is 23.1. The Labute approximate surface area is 236 Å². The van der Waals surface area contributed by atoms with Gasteiger partial charge in [-0.3, -0.25) is 13.9 Å². The predicted molar refractivity (Wildman–Crippen MR) is 147 cm³/mol. The summed E-state index contributed by atoms with van der Waals surface area (Å²) in [5, 5.41) is 8.45. The number of halogens is 3. The molecule has 0 amide bonds. The van der Waals surface area contributed by atoms with Crippen LogP contribution in [-0.4, -0.2) is 58.1 Å². The number of aromatic nitrogens is 2. The van der Waals surface area contributed by atoms with E-state index in [2.05, 4.69) is 21.2 Å². The highest BCUT2D eigenvalue weighted by atomic mass is 19.4. The number of piperidine rings is 1. The first kappa shape index (κ1) is 26.8. The van der Waals surface area contributed by atoms with Crippen LogP contribution >= 0.6 is 0 Å². The van der Waals surface area contributed by atoms with Crippen molar-refractivity contribution in [2.75, 3.05) is 33.4 Å². The maximum atomic E-state index is 14.3. The minimum absolute atomic E-state index is 0.0167. The molecular weight excluding hydrogens is 533 g/mol. The molecule has 1 spiro atoms.